The number of aromatic amines is 1. The molecule has 0 amide bonds. The minimum atomic E-state index is -4.35. The molecule has 1 fully saturated rings. The quantitative estimate of drug-likeness (QED) is 0.361. The Balaban J connectivity index is 1.68. The Labute approximate surface area is 197 Å². The molecule has 2 heterocycles. The molecule has 1 unspecified atom stereocenters. The van der Waals surface area contributed by atoms with E-state index in [0.717, 1.165) is 66.0 Å². The van der Waals surface area contributed by atoms with Crippen LogP contribution in [0.5, 0.6) is 0 Å². The van der Waals surface area contributed by atoms with Crippen LogP contribution in [0.4, 0.5) is 13.2 Å². The molecule has 0 radical (unpaired) electrons. The lowest BCUT2D eigenvalue weighted by Crippen LogP contribution is -2.47. The highest BCUT2D eigenvalue weighted by Crippen LogP contribution is 2.41. The van der Waals surface area contributed by atoms with E-state index in [1.165, 1.54) is 12.1 Å². The SMILES string of the molecule is CCN1CCN(C(c2ccc(C(F)(F)F)cc2)c2c(-c3ccccc3)[nH]c3ccccc23)CC1. The molecule has 176 valence electrons. The summed E-state index contributed by atoms with van der Waals surface area (Å²) in [6.45, 7) is 6.76. The predicted molar refractivity (Wildman–Crippen MR) is 131 cm³/mol. The van der Waals surface area contributed by atoms with Gasteiger partial charge in [0.25, 0.3) is 0 Å². The summed E-state index contributed by atoms with van der Waals surface area (Å²) >= 11 is 0. The molecule has 1 N–H and O–H groups in total. The molecule has 0 bridgehead atoms. The number of likely N-dealkylation sites (N-methyl/N-ethyl adjacent to an activating group) is 1. The highest BCUT2D eigenvalue weighted by molar-refractivity contribution is 5.91. The van der Waals surface area contributed by atoms with Crippen LogP contribution >= 0.6 is 0 Å². The van der Waals surface area contributed by atoms with Crippen molar-refractivity contribution in [1.82, 2.24) is 14.8 Å². The molecule has 0 spiro atoms. The van der Waals surface area contributed by atoms with Crippen molar-refractivity contribution in [2.75, 3.05) is 32.7 Å². The molecule has 1 aliphatic heterocycles. The third-order valence-corrected chi connectivity index (χ3v) is 6.86. The molecule has 1 atom stereocenters. The Morgan fingerprint density at radius 3 is 2.12 bits per heavy atom. The molecule has 34 heavy (non-hydrogen) atoms. The maximum atomic E-state index is 13.3. The summed E-state index contributed by atoms with van der Waals surface area (Å²) in [7, 11) is 0. The van der Waals surface area contributed by atoms with Gasteiger partial charge in [-0.3, -0.25) is 4.90 Å². The van der Waals surface area contributed by atoms with Crippen LogP contribution in [-0.2, 0) is 6.18 Å². The van der Waals surface area contributed by atoms with Gasteiger partial charge in [0.1, 0.15) is 0 Å². The second kappa shape index (κ2) is 9.28. The highest BCUT2D eigenvalue weighted by atomic mass is 19.4. The van der Waals surface area contributed by atoms with Crippen LogP contribution in [0.2, 0.25) is 0 Å². The third-order valence-electron chi connectivity index (χ3n) is 6.86. The van der Waals surface area contributed by atoms with E-state index in [-0.39, 0.29) is 6.04 Å². The molecule has 1 saturated heterocycles. The first-order valence-corrected chi connectivity index (χ1v) is 11.8. The van der Waals surface area contributed by atoms with E-state index >= 15 is 0 Å². The lowest BCUT2D eigenvalue weighted by Gasteiger charge is -2.39. The van der Waals surface area contributed by atoms with Crippen molar-refractivity contribution in [2.24, 2.45) is 0 Å². The van der Waals surface area contributed by atoms with Gasteiger partial charge < -0.3 is 9.88 Å². The topological polar surface area (TPSA) is 22.3 Å². The first kappa shape index (κ1) is 22.7. The van der Waals surface area contributed by atoms with Gasteiger partial charge in [0.05, 0.1) is 17.3 Å². The molecule has 4 aromatic rings. The van der Waals surface area contributed by atoms with E-state index in [0.29, 0.717) is 0 Å². The van der Waals surface area contributed by atoms with Crippen LogP contribution in [0.15, 0.2) is 78.9 Å². The number of para-hydroxylation sites is 1. The van der Waals surface area contributed by atoms with Crippen molar-refractivity contribution in [2.45, 2.75) is 19.1 Å². The predicted octanol–water partition coefficient (Wildman–Crippen LogP) is 6.58. The lowest BCUT2D eigenvalue weighted by atomic mass is 9.91. The fraction of sp³-hybridized carbons (Fsp3) is 0.286. The maximum absolute atomic E-state index is 13.3. The van der Waals surface area contributed by atoms with Crippen molar-refractivity contribution in [3.63, 3.8) is 0 Å². The first-order chi connectivity index (χ1) is 16.5. The smallest absolute Gasteiger partial charge is 0.354 e. The van der Waals surface area contributed by atoms with Gasteiger partial charge in [-0.2, -0.15) is 13.2 Å². The van der Waals surface area contributed by atoms with E-state index in [1.54, 1.807) is 12.1 Å². The number of nitrogens with one attached hydrogen (secondary N) is 1. The van der Waals surface area contributed by atoms with Gasteiger partial charge in [-0.1, -0.05) is 67.6 Å². The fourth-order valence-corrected chi connectivity index (χ4v) is 5.03. The molecular weight excluding hydrogens is 435 g/mol. The highest BCUT2D eigenvalue weighted by Gasteiger charge is 2.33. The number of rotatable bonds is 5. The number of halogens is 3. The number of hydrogen-bond acceptors (Lipinski definition) is 2. The van der Waals surface area contributed by atoms with Crippen molar-refractivity contribution in [3.05, 3.63) is 95.6 Å². The van der Waals surface area contributed by atoms with Crippen molar-refractivity contribution in [3.8, 4) is 11.3 Å². The van der Waals surface area contributed by atoms with Crippen molar-refractivity contribution >= 4 is 10.9 Å². The Kier molecular flexibility index (Phi) is 6.19. The average molecular weight is 464 g/mol. The van der Waals surface area contributed by atoms with E-state index in [2.05, 4.69) is 46.0 Å². The Bertz CT molecular complexity index is 1240. The van der Waals surface area contributed by atoms with Gasteiger partial charge in [0.2, 0.25) is 0 Å². The molecule has 5 rings (SSSR count). The number of H-pyrrole nitrogens is 1. The number of nitrogens with zero attached hydrogens (tertiary/aromatic N) is 2. The fourth-order valence-electron chi connectivity index (χ4n) is 5.03. The first-order valence-electron chi connectivity index (χ1n) is 11.8. The van der Waals surface area contributed by atoms with Gasteiger partial charge in [-0.05, 0) is 35.9 Å². The number of fused-ring (bicyclic) bond motifs is 1. The minimum Gasteiger partial charge on any atom is -0.354 e. The second-order valence-corrected chi connectivity index (χ2v) is 8.82. The van der Waals surface area contributed by atoms with Crippen molar-refractivity contribution < 1.29 is 13.2 Å². The monoisotopic (exact) mass is 463 g/mol. The van der Waals surface area contributed by atoms with Gasteiger partial charge in [0.15, 0.2) is 0 Å². The zero-order valence-corrected chi connectivity index (χ0v) is 19.1. The van der Waals surface area contributed by atoms with E-state index in [1.807, 2.05) is 30.3 Å². The Morgan fingerprint density at radius 2 is 1.47 bits per heavy atom. The largest absolute Gasteiger partial charge is 0.416 e. The molecule has 0 aliphatic carbocycles. The Hall–Kier alpha value is -3.09. The summed E-state index contributed by atoms with van der Waals surface area (Å²) in [6, 6.07) is 23.9. The lowest BCUT2D eigenvalue weighted by molar-refractivity contribution is -0.137. The number of benzene rings is 3. The molecular formula is C28H28F3N3. The summed E-state index contributed by atoms with van der Waals surface area (Å²) in [5, 5.41) is 1.10. The van der Waals surface area contributed by atoms with Gasteiger partial charge in [0, 0.05) is 42.6 Å². The maximum Gasteiger partial charge on any atom is 0.416 e. The number of piperazine rings is 1. The summed E-state index contributed by atoms with van der Waals surface area (Å²) < 4.78 is 39.9. The molecule has 3 nitrogen and oxygen atoms in total. The van der Waals surface area contributed by atoms with Crippen LogP contribution in [0.3, 0.4) is 0 Å². The summed E-state index contributed by atoms with van der Waals surface area (Å²) in [6.07, 6.45) is -4.35. The second-order valence-electron chi connectivity index (χ2n) is 8.82. The number of hydrogen-bond donors (Lipinski definition) is 1. The van der Waals surface area contributed by atoms with Crippen LogP contribution in [-0.4, -0.2) is 47.5 Å². The third kappa shape index (κ3) is 4.36. The normalized spacial score (nSPS) is 16.7. The van der Waals surface area contributed by atoms with E-state index < -0.39 is 11.7 Å². The molecule has 3 aromatic carbocycles. The van der Waals surface area contributed by atoms with Gasteiger partial charge in [-0.15, -0.1) is 0 Å². The van der Waals surface area contributed by atoms with Crippen LogP contribution in [0.25, 0.3) is 22.2 Å². The van der Waals surface area contributed by atoms with Crippen LogP contribution < -0.4 is 0 Å². The standard InChI is InChI=1S/C28H28F3N3/c1-2-33-16-18-34(19-17-33)27(21-12-14-22(15-13-21)28(29,30)31)25-23-10-6-7-11-24(23)32-26(25)20-8-4-3-5-9-20/h3-15,27,32H,2,16-19H2,1H3. The zero-order valence-electron chi connectivity index (χ0n) is 19.1. The van der Waals surface area contributed by atoms with Crippen molar-refractivity contribution in [1.29, 1.82) is 0 Å². The summed E-state index contributed by atoms with van der Waals surface area (Å²) in [5.74, 6) is 0. The summed E-state index contributed by atoms with van der Waals surface area (Å²) in [5.41, 5.74) is 4.49. The van der Waals surface area contributed by atoms with E-state index in [9.17, 15) is 13.2 Å². The average Bonchev–Trinajstić information content (AvgIpc) is 3.24. The van der Waals surface area contributed by atoms with Gasteiger partial charge >= 0.3 is 6.18 Å². The molecule has 1 aromatic heterocycles. The Morgan fingerprint density at radius 1 is 0.824 bits per heavy atom. The van der Waals surface area contributed by atoms with Gasteiger partial charge in [-0.25, -0.2) is 0 Å². The molecule has 1 aliphatic rings. The number of alkyl halides is 3. The zero-order chi connectivity index (χ0) is 23.7. The van der Waals surface area contributed by atoms with Crippen LogP contribution in [0, 0.1) is 0 Å². The van der Waals surface area contributed by atoms with Crippen LogP contribution in [0.1, 0.15) is 29.7 Å². The minimum absolute atomic E-state index is 0.160. The number of aromatic nitrogens is 1. The summed E-state index contributed by atoms with van der Waals surface area (Å²) in [4.78, 5) is 8.43. The molecule has 6 heteroatoms. The molecule has 0 saturated carbocycles. The van der Waals surface area contributed by atoms with E-state index in [4.69, 9.17) is 0 Å².